The predicted octanol–water partition coefficient (Wildman–Crippen LogP) is 3.78. The third kappa shape index (κ3) is 3.69. The molecule has 1 aromatic heterocycles. The molecule has 1 aromatic carbocycles. The van der Waals surface area contributed by atoms with Crippen LogP contribution < -0.4 is 4.74 Å². The predicted molar refractivity (Wildman–Crippen MR) is 78.6 cm³/mol. The summed E-state index contributed by atoms with van der Waals surface area (Å²) in [5.41, 5.74) is 1.56. The van der Waals surface area contributed by atoms with Gasteiger partial charge in [0.15, 0.2) is 0 Å². The van der Waals surface area contributed by atoms with Crippen molar-refractivity contribution in [3.63, 3.8) is 0 Å². The van der Waals surface area contributed by atoms with Crippen LogP contribution in [0.1, 0.15) is 17.4 Å². The zero-order valence-corrected chi connectivity index (χ0v) is 12.6. The fourth-order valence-corrected chi connectivity index (χ4v) is 2.25. The highest BCUT2D eigenvalue weighted by Gasteiger charge is 2.12. The number of pyridine rings is 1. The minimum absolute atomic E-state index is 0.451. The van der Waals surface area contributed by atoms with Crippen molar-refractivity contribution in [2.75, 3.05) is 7.11 Å². The van der Waals surface area contributed by atoms with Crippen molar-refractivity contribution in [3.05, 3.63) is 57.3 Å². The van der Waals surface area contributed by atoms with E-state index in [0.29, 0.717) is 17.1 Å². The minimum Gasteiger partial charge on any atom is -0.497 e. The third-order valence-corrected chi connectivity index (χ3v) is 3.76. The quantitative estimate of drug-likeness (QED) is 0.919. The van der Waals surface area contributed by atoms with Gasteiger partial charge in [0.1, 0.15) is 5.75 Å². The molecule has 100 valence electrons. The van der Waals surface area contributed by atoms with Crippen molar-refractivity contribution < 1.29 is 9.84 Å². The van der Waals surface area contributed by atoms with Gasteiger partial charge >= 0.3 is 0 Å². The van der Waals surface area contributed by atoms with Gasteiger partial charge < -0.3 is 9.84 Å². The summed E-state index contributed by atoms with van der Waals surface area (Å²) in [4.78, 5) is 4.12. The van der Waals surface area contributed by atoms with Gasteiger partial charge in [0.25, 0.3) is 0 Å². The highest BCUT2D eigenvalue weighted by Crippen LogP contribution is 2.27. The van der Waals surface area contributed by atoms with Gasteiger partial charge in [0.05, 0.1) is 23.9 Å². The summed E-state index contributed by atoms with van der Waals surface area (Å²) < 4.78 is 6.11. The van der Waals surface area contributed by atoms with Crippen LogP contribution in [0.2, 0.25) is 5.02 Å². The second kappa shape index (κ2) is 6.37. The number of halogens is 2. The SMILES string of the molecule is COc1ccc(Br)c(CC(O)c2ccc(Cl)cn2)c1. The number of nitrogens with zero attached hydrogens (tertiary/aromatic N) is 1. The van der Waals surface area contributed by atoms with E-state index >= 15 is 0 Å². The van der Waals surface area contributed by atoms with Gasteiger partial charge in [-0.3, -0.25) is 4.98 Å². The maximum absolute atomic E-state index is 10.2. The molecule has 0 saturated carbocycles. The lowest BCUT2D eigenvalue weighted by Crippen LogP contribution is -2.04. The van der Waals surface area contributed by atoms with Crippen LogP contribution in [0.25, 0.3) is 0 Å². The maximum atomic E-state index is 10.2. The average Bonchev–Trinajstić information content (AvgIpc) is 2.42. The molecule has 0 fully saturated rings. The standard InChI is InChI=1S/C14H13BrClNO2/c1-19-11-3-4-12(15)9(6-11)7-14(18)13-5-2-10(16)8-17-13/h2-6,8,14,18H,7H2,1H3. The lowest BCUT2D eigenvalue weighted by molar-refractivity contribution is 0.173. The molecule has 0 saturated heterocycles. The summed E-state index contributed by atoms with van der Waals surface area (Å²) in [7, 11) is 1.62. The first-order valence-corrected chi connectivity index (χ1v) is 6.89. The highest BCUT2D eigenvalue weighted by molar-refractivity contribution is 9.10. The van der Waals surface area contributed by atoms with Crippen LogP contribution >= 0.6 is 27.5 Å². The minimum atomic E-state index is -0.680. The number of benzene rings is 1. The summed E-state index contributed by atoms with van der Waals surface area (Å²) in [6, 6.07) is 9.09. The number of aromatic nitrogens is 1. The largest absolute Gasteiger partial charge is 0.497 e. The lowest BCUT2D eigenvalue weighted by atomic mass is 10.0. The van der Waals surface area contributed by atoms with Crippen LogP contribution in [0.5, 0.6) is 5.75 Å². The number of hydrogen-bond donors (Lipinski definition) is 1. The van der Waals surface area contributed by atoms with Crippen LogP contribution in [0.4, 0.5) is 0 Å². The first-order valence-electron chi connectivity index (χ1n) is 5.72. The zero-order valence-electron chi connectivity index (χ0n) is 10.3. The van der Waals surface area contributed by atoms with Crippen LogP contribution in [-0.2, 0) is 6.42 Å². The Bertz CT molecular complexity index is 560. The van der Waals surface area contributed by atoms with E-state index in [-0.39, 0.29) is 0 Å². The topological polar surface area (TPSA) is 42.4 Å². The fraction of sp³-hybridized carbons (Fsp3) is 0.214. The molecule has 2 rings (SSSR count). The maximum Gasteiger partial charge on any atom is 0.119 e. The monoisotopic (exact) mass is 341 g/mol. The molecule has 0 radical (unpaired) electrons. The second-order valence-corrected chi connectivity index (χ2v) is 5.37. The van der Waals surface area contributed by atoms with E-state index in [1.165, 1.54) is 6.20 Å². The first kappa shape index (κ1) is 14.3. The van der Waals surface area contributed by atoms with Crippen LogP contribution in [0, 0.1) is 0 Å². The number of rotatable bonds is 4. The first-order chi connectivity index (χ1) is 9.10. The molecule has 5 heteroatoms. The van der Waals surface area contributed by atoms with E-state index < -0.39 is 6.10 Å². The van der Waals surface area contributed by atoms with Crippen molar-refractivity contribution in [3.8, 4) is 5.75 Å². The number of methoxy groups -OCH3 is 1. The molecule has 1 N–H and O–H groups in total. The lowest BCUT2D eigenvalue weighted by Gasteiger charge is -2.12. The molecule has 19 heavy (non-hydrogen) atoms. The molecular formula is C14H13BrClNO2. The number of aliphatic hydroxyl groups is 1. The smallest absolute Gasteiger partial charge is 0.119 e. The van der Waals surface area contributed by atoms with Crippen molar-refractivity contribution in [1.29, 1.82) is 0 Å². The summed E-state index contributed by atoms with van der Waals surface area (Å²) in [5, 5.41) is 10.7. The Labute approximate surface area is 125 Å². The highest BCUT2D eigenvalue weighted by atomic mass is 79.9. The summed E-state index contributed by atoms with van der Waals surface area (Å²) >= 11 is 9.24. The van der Waals surface area contributed by atoms with E-state index in [9.17, 15) is 5.11 Å². The molecule has 1 atom stereocenters. The van der Waals surface area contributed by atoms with Crippen LogP contribution in [0.3, 0.4) is 0 Å². The van der Waals surface area contributed by atoms with Crippen LogP contribution in [0.15, 0.2) is 41.0 Å². The summed E-state index contributed by atoms with van der Waals surface area (Å²) in [5.74, 6) is 0.759. The van der Waals surface area contributed by atoms with Crippen LogP contribution in [-0.4, -0.2) is 17.2 Å². The van der Waals surface area contributed by atoms with Gasteiger partial charge in [-0.1, -0.05) is 27.5 Å². The molecule has 0 amide bonds. The van der Waals surface area contributed by atoms with Gasteiger partial charge in [-0.05, 0) is 35.9 Å². The van der Waals surface area contributed by atoms with E-state index in [1.807, 2.05) is 18.2 Å². The van der Waals surface area contributed by atoms with Gasteiger partial charge in [-0.15, -0.1) is 0 Å². The molecule has 3 nitrogen and oxygen atoms in total. The zero-order chi connectivity index (χ0) is 13.8. The number of hydrogen-bond acceptors (Lipinski definition) is 3. The summed E-state index contributed by atoms with van der Waals surface area (Å²) in [6.45, 7) is 0. The molecule has 0 spiro atoms. The Hall–Kier alpha value is -1.10. The Morgan fingerprint density at radius 3 is 2.79 bits per heavy atom. The van der Waals surface area contributed by atoms with E-state index in [2.05, 4.69) is 20.9 Å². The average molecular weight is 343 g/mol. The third-order valence-electron chi connectivity index (χ3n) is 2.76. The Kier molecular flexibility index (Phi) is 4.80. The molecule has 0 bridgehead atoms. The van der Waals surface area contributed by atoms with Crippen molar-refractivity contribution in [2.45, 2.75) is 12.5 Å². The Morgan fingerprint density at radius 2 is 2.16 bits per heavy atom. The molecule has 0 aliphatic heterocycles. The normalized spacial score (nSPS) is 12.2. The van der Waals surface area contributed by atoms with Gasteiger partial charge in [-0.25, -0.2) is 0 Å². The van der Waals surface area contributed by atoms with Crippen molar-refractivity contribution in [2.24, 2.45) is 0 Å². The van der Waals surface area contributed by atoms with Crippen molar-refractivity contribution in [1.82, 2.24) is 4.98 Å². The van der Waals surface area contributed by atoms with Crippen molar-refractivity contribution >= 4 is 27.5 Å². The molecule has 1 unspecified atom stereocenters. The van der Waals surface area contributed by atoms with Gasteiger partial charge in [0, 0.05) is 17.1 Å². The Morgan fingerprint density at radius 1 is 1.37 bits per heavy atom. The van der Waals surface area contributed by atoms with Gasteiger partial charge in [-0.2, -0.15) is 0 Å². The molecule has 0 aliphatic carbocycles. The second-order valence-electron chi connectivity index (χ2n) is 4.08. The summed E-state index contributed by atoms with van der Waals surface area (Å²) in [6.07, 6.45) is 1.30. The van der Waals surface area contributed by atoms with E-state index in [4.69, 9.17) is 16.3 Å². The molecule has 1 heterocycles. The van der Waals surface area contributed by atoms with Gasteiger partial charge in [0.2, 0.25) is 0 Å². The fourth-order valence-electron chi connectivity index (χ4n) is 1.73. The number of aliphatic hydroxyl groups excluding tert-OH is 1. The Balaban J connectivity index is 2.18. The number of ether oxygens (including phenoxy) is 1. The van der Waals surface area contributed by atoms with E-state index in [0.717, 1.165) is 15.8 Å². The molecular weight excluding hydrogens is 330 g/mol. The molecule has 0 aliphatic rings. The molecule has 2 aromatic rings. The van der Waals surface area contributed by atoms with E-state index in [1.54, 1.807) is 19.2 Å².